The van der Waals surface area contributed by atoms with E-state index in [9.17, 15) is 4.79 Å². The topological polar surface area (TPSA) is 49.0 Å². The van der Waals surface area contributed by atoms with E-state index in [1.54, 1.807) is 0 Å². The van der Waals surface area contributed by atoms with E-state index in [0.29, 0.717) is 25.0 Å². The Labute approximate surface area is 164 Å². The summed E-state index contributed by atoms with van der Waals surface area (Å²) in [6.45, 7) is 7.59. The van der Waals surface area contributed by atoms with Gasteiger partial charge in [-0.3, -0.25) is 4.79 Å². The Balaban J connectivity index is 1.86. The lowest BCUT2D eigenvalue weighted by molar-refractivity contribution is -0.692. The summed E-state index contributed by atoms with van der Waals surface area (Å²) < 4.78 is 0. The summed E-state index contributed by atoms with van der Waals surface area (Å²) in [6, 6.07) is 17.3. The van der Waals surface area contributed by atoms with Crippen molar-refractivity contribution in [3.63, 3.8) is 0 Å². The van der Waals surface area contributed by atoms with Gasteiger partial charge in [0.25, 0.3) is 5.91 Å². The molecule has 0 bridgehead atoms. The number of quaternary nitrogens is 1. The maximum Gasteiger partial charge on any atom is 0.275 e. The number of rotatable bonds is 9. The fraction of sp³-hybridized carbons (Fsp3) is 0.435. The molecule has 0 heterocycles. The van der Waals surface area contributed by atoms with E-state index in [0.717, 1.165) is 17.7 Å². The molecule has 2 aromatic carbocycles. The minimum atomic E-state index is 0.0718. The molecule has 1 atom stereocenters. The normalized spacial score (nSPS) is 12.1. The van der Waals surface area contributed by atoms with E-state index in [-0.39, 0.29) is 5.91 Å². The highest BCUT2D eigenvalue weighted by atomic mass is 16.1. The number of carbonyl (C=O) groups is 1. The van der Waals surface area contributed by atoms with Crippen molar-refractivity contribution in [2.45, 2.75) is 39.8 Å². The molecule has 2 rings (SSSR count). The second kappa shape index (κ2) is 10.1. The van der Waals surface area contributed by atoms with E-state index in [1.807, 2.05) is 14.1 Å². The lowest BCUT2D eigenvalue weighted by Crippen LogP contribution is -2.88. The van der Waals surface area contributed by atoms with Crippen LogP contribution in [0.3, 0.4) is 0 Å². The number of nitrogens with one attached hydrogen (secondary N) is 1. The predicted octanol–water partition coefficient (Wildman–Crippen LogP) is 2.89. The number of carbonyl (C=O) groups excluding carboxylic acids is 1. The van der Waals surface area contributed by atoms with Crippen LogP contribution < -0.4 is 15.5 Å². The number of benzene rings is 2. The minimum Gasteiger partial charge on any atom is -0.378 e. The minimum absolute atomic E-state index is 0.0718. The van der Waals surface area contributed by atoms with E-state index >= 15 is 0 Å². The first kappa shape index (κ1) is 21.0. The Morgan fingerprint density at radius 2 is 1.59 bits per heavy atom. The van der Waals surface area contributed by atoms with Gasteiger partial charge in [0, 0.05) is 37.8 Å². The van der Waals surface area contributed by atoms with Crippen LogP contribution in [0.2, 0.25) is 0 Å². The molecule has 0 aromatic heterocycles. The van der Waals surface area contributed by atoms with Gasteiger partial charge >= 0.3 is 0 Å². The highest BCUT2D eigenvalue weighted by molar-refractivity contribution is 5.76. The molecule has 3 N–H and O–H groups in total. The Morgan fingerprint density at radius 1 is 1.00 bits per heavy atom. The fourth-order valence-electron chi connectivity index (χ4n) is 3.19. The van der Waals surface area contributed by atoms with Crippen LogP contribution in [0.5, 0.6) is 0 Å². The Kier molecular flexibility index (Phi) is 7.86. The number of hydrogen-bond acceptors (Lipinski definition) is 2. The molecule has 0 radical (unpaired) electrons. The summed E-state index contributed by atoms with van der Waals surface area (Å²) in [5.41, 5.74) is 4.91. The second-order valence-corrected chi connectivity index (χ2v) is 7.64. The van der Waals surface area contributed by atoms with Crippen LogP contribution in [0, 0.1) is 5.92 Å². The van der Waals surface area contributed by atoms with E-state index in [2.05, 4.69) is 84.8 Å². The van der Waals surface area contributed by atoms with Gasteiger partial charge in [0.15, 0.2) is 6.54 Å². The zero-order valence-electron chi connectivity index (χ0n) is 17.3. The Bertz CT molecular complexity index is 705. The second-order valence-electron chi connectivity index (χ2n) is 7.64. The molecule has 4 nitrogen and oxygen atoms in total. The molecule has 0 saturated heterocycles. The van der Waals surface area contributed by atoms with Crippen molar-refractivity contribution in [1.82, 2.24) is 5.32 Å². The molecule has 1 amide bonds. The summed E-state index contributed by atoms with van der Waals surface area (Å²) in [5, 5.41) is 5.18. The first-order valence-corrected chi connectivity index (χ1v) is 9.85. The maximum atomic E-state index is 12.3. The quantitative estimate of drug-likeness (QED) is 0.715. The zero-order valence-corrected chi connectivity index (χ0v) is 17.3. The monoisotopic (exact) mass is 368 g/mol. The molecule has 0 aliphatic heterocycles. The number of amides is 1. The van der Waals surface area contributed by atoms with Gasteiger partial charge in [0.1, 0.15) is 6.04 Å². The van der Waals surface area contributed by atoms with Crippen LogP contribution in [0.15, 0.2) is 48.5 Å². The molecule has 0 aliphatic rings. The van der Waals surface area contributed by atoms with Crippen LogP contribution in [0.1, 0.15) is 43.5 Å². The first-order valence-electron chi connectivity index (χ1n) is 9.85. The van der Waals surface area contributed by atoms with Crippen LogP contribution in [-0.4, -0.2) is 26.5 Å². The number of hydrogen-bond donors (Lipinski definition) is 2. The molecule has 0 unspecified atom stereocenters. The van der Waals surface area contributed by atoms with Crippen LogP contribution in [0.4, 0.5) is 5.69 Å². The number of aryl methyl sites for hydroxylation is 1. The van der Waals surface area contributed by atoms with Gasteiger partial charge in [-0.05, 0) is 29.7 Å². The van der Waals surface area contributed by atoms with E-state index in [1.165, 1.54) is 11.1 Å². The van der Waals surface area contributed by atoms with Crippen LogP contribution in [0.25, 0.3) is 0 Å². The lowest BCUT2D eigenvalue weighted by Gasteiger charge is -2.20. The fourth-order valence-corrected chi connectivity index (χ4v) is 3.19. The number of nitrogens with zero attached hydrogens (tertiary/aromatic N) is 1. The van der Waals surface area contributed by atoms with Crippen LogP contribution >= 0.6 is 0 Å². The summed E-state index contributed by atoms with van der Waals surface area (Å²) in [5.74, 6) is 0.534. The third kappa shape index (κ3) is 6.40. The summed E-state index contributed by atoms with van der Waals surface area (Å²) in [6.07, 6.45) is 1.05. The molecule has 0 fully saturated rings. The van der Waals surface area contributed by atoms with Gasteiger partial charge < -0.3 is 15.5 Å². The van der Waals surface area contributed by atoms with Crippen molar-refractivity contribution in [2.75, 3.05) is 25.5 Å². The van der Waals surface area contributed by atoms with Crippen molar-refractivity contribution in [2.24, 2.45) is 5.92 Å². The summed E-state index contributed by atoms with van der Waals surface area (Å²) in [7, 11) is 4.04. The summed E-state index contributed by atoms with van der Waals surface area (Å²) in [4.78, 5) is 14.4. The Morgan fingerprint density at radius 3 is 2.11 bits per heavy atom. The molecule has 0 saturated carbocycles. The zero-order chi connectivity index (χ0) is 19.8. The van der Waals surface area contributed by atoms with Gasteiger partial charge in [-0.15, -0.1) is 0 Å². The van der Waals surface area contributed by atoms with Gasteiger partial charge in [-0.1, -0.05) is 57.2 Å². The smallest absolute Gasteiger partial charge is 0.275 e. The molecular formula is C23H34N3O+. The molecular weight excluding hydrogens is 334 g/mol. The predicted molar refractivity (Wildman–Crippen MR) is 113 cm³/mol. The van der Waals surface area contributed by atoms with E-state index in [4.69, 9.17) is 0 Å². The van der Waals surface area contributed by atoms with Crippen molar-refractivity contribution >= 4 is 11.6 Å². The van der Waals surface area contributed by atoms with E-state index < -0.39 is 0 Å². The third-order valence-electron chi connectivity index (χ3n) is 4.99. The summed E-state index contributed by atoms with van der Waals surface area (Å²) >= 11 is 0. The first-order chi connectivity index (χ1) is 12.9. The number of nitrogens with two attached hydrogens (primary N) is 1. The highest BCUT2D eigenvalue weighted by Gasteiger charge is 2.20. The van der Waals surface area contributed by atoms with Crippen molar-refractivity contribution in [3.8, 4) is 0 Å². The van der Waals surface area contributed by atoms with Gasteiger partial charge in [0.2, 0.25) is 0 Å². The molecule has 27 heavy (non-hydrogen) atoms. The maximum absolute atomic E-state index is 12.3. The molecule has 0 spiro atoms. The SMILES string of the molecule is CCc1ccc([C@@H]([NH2+]CC(=O)NCc2ccc(N(C)C)cc2)C(C)C)cc1. The standard InChI is InChI=1S/C23H33N3O/c1-6-18-7-11-20(12-8-18)23(17(2)3)25-16-22(27)24-15-19-9-13-21(14-10-19)26(4)5/h7-14,17,23,25H,6,15-16H2,1-5H3,(H,24,27)/p+1/t23-/m0/s1. The van der Waals surface area contributed by atoms with Crippen molar-refractivity contribution < 1.29 is 10.1 Å². The molecule has 2 aromatic rings. The molecule has 4 heteroatoms. The van der Waals surface area contributed by atoms with Gasteiger partial charge in [0.05, 0.1) is 0 Å². The third-order valence-corrected chi connectivity index (χ3v) is 4.99. The Hall–Kier alpha value is -2.33. The average molecular weight is 369 g/mol. The van der Waals surface area contributed by atoms with Crippen molar-refractivity contribution in [1.29, 1.82) is 0 Å². The average Bonchev–Trinajstić information content (AvgIpc) is 2.67. The largest absolute Gasteiger partial charge is 0.378 e. The number of anilines is 1. The van der Waals surface area contributed by atoms with Crippen molar-refractivity contribution in [3.05, 3.63) is 65.2 Å². The van der Waals surface area contributed by atoms with Gasteiger partial charge in [-0.2, -0.15) is 0 Å². The highest BCUT2D eigenvalue weighted by Crippen LogP contribution is 2.18. The molecule has 146 valence electrons. The van der Waals surface area contributed by atoms with Crippen LogP contribution in [-0.2, 0) is 17.8 Å². The van der Waals surface area contributed by atoms with Gasteiger partial charge in [-0.25, -0.2) is 0 Å². The lowest BCUT2D eigenvalue weighted by atomic mass is 9.95. The molecule has 0 aliphatic carbocycles.